The zero-order chi connectivity index (χ0) is 26.1. The molecule has 0 aliphatic heterocycles. The van der Waals surface area contributed by atoms with E-state index in [0.717, 1.165) is 12.8 Å². The van der Waals surface area contributed by atoms with E-state index in [9.17, 15) is 24.4 Å². The van der Waals surface area contributed by atoms with Crippen molar-refractivity contribution in [1.82, 2.24) is 19.7 Å². The van der Waals surface area contributed by atoms with Crippen molar-refractivity contribution in [2.75, 3.05) is 18.9 Å². The molecule has 2 heterocycles. The summed E-state index contributed by atoms with van der Waals surface area (Å²) >= 11 is 0. The molecular formula is C20H32N6O8P+. The number of carbonyl (C=O) groups excluding carboxylic acids is 2. The Morgan fingerprint density at radius 1 is 1.23 bits per heavy atom. The summed E-state index contributed by atoms with van der Waals surface area (Å²) in [5.41, 5.74) is 11.3. The van der Waals surface area contributed by atoms with Crippen LogP contribution in [0.1, 0.15) is 45.4 Å². The Hall–Kier alpha value is -2.90. The maximum absolute atomic E-state index is 12.3. The number of hydrogen-bond donors (Lipinski definition) is 5. The lowest BCUT2D eigenvalue weighted by Gasteiger charge is -2.24. The van der Waals surface area contributed by atoms with Gasteiger partial charge in [0.05, 0.1) is 12.3 Å². The number of carbonyl (C=O) groups is 2. The molecule has 2 rings (SSSR count). The van der Waals surface area contributed by atoms with Gasteiger partial charge in [-0.15, -0.1) is 4.52 Å². The van der Waals surface area contributed by atoms with Crippen molar-refractivity contribution >= 4 is 31.6 Å². The first-order chi connectivity index (χ1) is 16.6. The van der Waals surface area contributed by atoms with E-state index in [2.05, 4.69) is 15.2 Å². The number of rotatable bonds is 14. The molecule has 0 saturated heterocycles. The topological polar surface area (TPSA) is 214 Å². The highest BCUT2D eigenvalue weighted by molar-refractivity contribution is 7.36. The monoisotopic (exact) mass is 515 g/mol. The van der Waals surface area contributed by atoms with Crippen LogP contribution in [0.3, 0.4) is 0 Å². The van der Waals surface area contributed by atoms with Crippen LogP contribution in [0.25, 0.3) is 5.52 Å². The zero-order valence-electron chi connectivity index (χ0n) is 19.7. The standard InChI is InChI=1S/C20H31N6O8P/c1-4-12(5-2)8-32-19(29)11(3)25-35(31)33-9-15(34-20(22)30)17(28)16(27)13-6-7-14-18(21)23-10-24-26(13)14/h6-7,10-12,15-17,27-28H,4-5,8-9H2,1-3H3,(H4-,21,22,23,24,25,30,31)/p+1/t11-,15+,16-,17+/m0/s1. The molecule has 0 saturated carbocycles. The van der Waals surface area contributed by atoms with Crippen molar-refractivity contribution in [3.8, 4) is 0 Å². The minimum absolute atomic E-state index is 0.121. The molecule has 35 heavy (non-hydrogen) atoms. The normalized spacial score (nSPS) is 15.4. The largest absolute Gasteiger partial charge is 0.613 e. The van der Waals surface area contributed by atoms with Gasteiger partial charge in [-0.3, -0.25) is 4.79 Å². The van der Waals surface area contributed by atoms with Gasteiger partial charge in [-0.1, -0.05) is 31.8 Å². The summed E-state index contributed by atoms with van der Waals surface area (Å²) < 4.78 is 28.7. The number of aromatic nitrogens is 3. The Labute approximate surface area is 202 Å². The molecule has 0 spiro atoms. The van der Waals surface area contributed by atoms with E-state index in [1.54, 1.807) is 0 Å². The average molecular weight is 515 g/mol. The summed E-state index contributed by atoms with van der Waals surface area (Å²) in [7, 11) is -2.63. The molecule has 5 atom stereocenters. The molecular weight excluding hydrogens is 483 g/mol. The van der Waals surface area contributed by atoms with Gasteiger partial charge in [-0.05, 0) is 29.5 Å². The number of esters is 1. The Morgan fingerprint density at radius 3 is 2.54 bits per heavy atom. The van der Waals surface area contributed by atoms with Crippen molar-refractivity contribution < 1.29 is 38.4 Å². The van der Waals surface area contributed by atoms with Crippen LogP contribution in [-0.2, 0) is 23.4 Å². The van der Waals surface area contributed by atoms with Gasteiger partial charge in [0.2, 0.25) is 0 Å². The third-order valence-corrected chi connectivity index (χ3v) is 6.39. The summed E-state index contributed by atoms with van der Waals surface area (Å²) in [6.45, 7) is 5.07. The Balaban J connectivity index is 1.99. The molecule has 0 bridgehead atoms. The second kappa shape index (κ2) is 13.3. The second-order valence-electron chi connectivity index (χ2n) is 7.83. The van der Waals surface area contributed by atoms with E-state index >= 15 is 0 Å². The molecule has 194 valence electrons. The van der Waals surface area contributed by atoms with Crippen molar-refractivity contribution in [3.63, 3.8) is 0 Å². The number of amides is 1. The fourth-order valence-electron chi connectivity index (χ4n) is 3.17. The number of nitrogen functional groups attached to an aromatic ring is 1. The predicted molar refractivity (Wildman–Crippen MR) is 124 cm³/mol. The maximum Gasteiger partial charge on any atom is 0.613 e. The summed E-state index contributed by atoms with van der Waals surface area (Å²) in [5.74, 6) is -0.223. The van der Waals surface area contributed by atoms with Gasteiger partial charge < -0.3 is 31.2 Å². The molecule has 0 aromatic carbocycles. The van der Waals surface area contributed by atoms with Crippen LogP contribution >= 0.6 is 8.18 Å². The number of aliphatic hydroxyl groups excluding tert-OH is 2. The van der Waals surface area contributed by atoms with Gasteiger partial charge in [0, 0.05) is 0 Å². The summed E-state index contributed by atoms with van der Waals surface area (Å²) in [5, 5.41) is 27.7. The fourth-order valence-corrected chi connectivity index (χ4v) is 3.94. The number of fused-ring (bicyclic) bond motifs is 1. The van der Waals surface area contributed by atoms with Gasteiger partial charge in [0.15, 0.2) is 11.9 Å². The van der Waals surface area contributed by atoms with Gasteiger partial charge in [0.1, 0.15) is 36.7 Å². The molecule has 1 amide bonds. The second-order valence-corrected chi connectivity index (χ2v) is 8.86. The van der Waals surface area contributed by atoms with E-state index < -0.39 is 51.2 Å². The van der Waals surface area contributed by atoms with Crippen LogP contribution in [-0.4, -0.2) is 68.3 Å². The molecule has 0 aliphatic carbocycles. The number of aliphatic hydroxyl groups is 2. The SMILES string of the molecule is CCC(CC)COC(=O)[C@H](C)N[P+](=O)OC[C@@H](OC(N)=O)[C@@H](O)[C@@H](O)c1ccc2c(N)ncnn12. The quantitative estimate of drug-likeness (QED) is 0.174. The summed E-state index contributed by atoms with van der Waals surface area (Å²) in [6, 6.07) is 2.04. The highest BCUT2D eigenvalue weighted by Gasteiger charge is 2.36. The van der Waals surface area contributed by atoms with Crippen LogP contribution in [0.5, 0.6) is 0 Å². The number of nitrogens with one attached hydrogen (secondary N) is 1. The highest BCUT2D eigenvalue weighted by atomic mass is 31.1. The fraction of sp³-hybridized carbons (Fsp3) is 0.600. The van der Waals surface area contributed by atoms with Crippen LogP contribution in [0.15, 0.2) is 18.5 Å². The smallest absolute Gasteiger partial charge is 0.464 e. The average Bonchev–Trinajstić information content (AvgIpc) is 3.26. The number of hydrogen-bond acceptors (Lipinski definition) is 11. The van der Waals surface area contributed by atoms with Crippen molar-refractivity contribution in [2.24, 2.45) is 11.7 Å². The summed E-state index contributed by atoms with van der Waals surface area (Å²) in [4.78, 5) is 27.3. The zero-order valence-corrected chi connectivity index (χ0v) is 20.6. The highest BCUT2D eigenvalue weighted by Crippen LogP contribution is 2.26. The molecule has 2 aromatic heterocycles. The molecule has 1 unspecified atom stereocenters. The maximum atomic E-state index is 12.3. The first-order valence-electron chi connectivity index (χ1n) is 11.0. The first kappa shape index (κ1) is 28.3. The van der Waals surface area contributed by atoms with Crippen molar-refractivity contribution in [2.45, 2.75) is 58.0 Å². The minimum atomic E-state index is -2.63. The van der Waals surface area contributed by atoms with Gasteiger partial charge in [-0.25, -0.2) is 14.3 Å². The van der Waals surface area contributed by atoms with Gasteiger partial charge in [0.25, 0.3) is 0 Å². The Morgan fingerprint density at radius 2 is 1.91 bits per heavy atom. The van der Waals surface area contributed by atoms with Crippen LogP contribution < -0.4 is 16.6 Å². The number of anilines is 1. The summed E-state index contributed by atoms with van der Waals surface area (Å²) in [6.07, 6.45) is -3.25. The molecule has 7 N–H and O–H groups in total. The number of nitrogens with two attached hydrogens (primary N) is 2. The number of nitrogens with zero attached hydrogens (tertiary/aromatic N) is 3. The Kier molecular flexibility index (Phi) is 10.7. The third-order valence-electron chi connectivity index (χ3n) is 5.41. The van der Waals surface area contributed by atoms with Crippen LogP contribution in [0, 0.1) is 5.92 Å². The lowest BCUT2D eigenvalue weighted by Crippen LogP contribution is -2.41. The van der Waals surface area contributed by atoms with E-state index in [1.165, 1.54) is 29.9 Å². The Bertz CT molecular complexity index is 1020. The molecule has 0 radical (unpaired) electrons. The first-order valence-corrected chi connectivity index (χ1v) is 12.2. The van der Waals surface area contributed by atoms with E-state index in [0.29, 0.717) is 5.52 Å². The lowest BCUT2D eigenvalue weighted by atomic mass is 10.1. The van der Waals surface area contributed by atoms with Crippen molar-refractivity contribution in [1.29, 1.82) is 0 Å². The molecule has 2 aromatic rings. The van der Waals surface area contributed by atoms with E-state index in [-0.39, 0.29) is 24.0 Å². The molecule has 15 heteroatoms. The predicted octanol–water partition coefficient (Wildman–Crippen LogP) is 0.801. The number of ether oxygens (including phenoxy) is 2. The van der Waals surface area contributed by atoms with Crippen LogP contribution in [0.4, 0.5) is 10.6 Å². The van der Waals surface area contributed by atoms with Gasteiger partial charge in [-0.2, -0.15) is 5.10 Å². The lowest BCUT2D eigenvalue weighted by molar-refractivity contribution is -0.146. The third kappa shape index (κ3) is 7.80. The van der Waals surface area contributed by atoms with E-state index in [4.69, 9.17) is 25.5 Å². The molecule has 0 aliphatic rings. The molecule has 14 nitrogen and oxygen atoms in total. The minimum Gasteiger partial charge on any atom is -0.464 e. The van der Waals surface area contributed by atoms with E-state index in [1.807, 2.05) is 13.8 Å². The van der Waals surface area contributed by atoms with Crippen LogP contribution in [0.2, 0.25) is 0 Å². The molecule has 0 fully saturated rings. The number of primary amides is 1. The van der Waals surface area contributed by atoms with Gasteiger partial charge >= 0.3 is 20.2 Å². The van der Waals surface area contributed by atoms with Crippen molar-refractivity contribution in [3.05, 3.63) is 24.2 Å².